The number of benzene rings is 1. The van der Waals surface area contributed by atoms with Crippen LogP contribution in [-0.4, -0.2) is 48.7 Å². The zero-order valence-electron chi connectivity index (χ0n) is 15.0. The number of nitrogens with zero attached hydrogens (tertiary/aromatic N) is 1. The third-order valence-electron chi connectivity index (χ3n) is 5.86. The van der Waals surface area contributed by atoms with Crippen LogP contribution in [0.1, 0.15) is 0 Å². The minimum Gasteiger partial charge on any atom is -0.497 e. The summed E-state index contributed by atoms with van der Waals surface area (Å²) in [4.78, 5) is 24.2. The maximum Gasteiger partial charge on any atom is 0.240 e. The van der Waals surface area contributed by atoms with Gasteiger partial charge in [-0.25, -0.2) is 4.90 Å². The number of carbonyl (C=O) groups is 2. The fourth-order valence-corrected chi connectivity index (χ4v) is 6.85. The van der Waals surface area contributed by atoms with Crippen LogP contribution in [0.15, 0.2) is 34.3 Å². The molecule has 2 aliphatic carbocycles. The number of ether oxygens (including phenoxy) is 3. The van der Waals surface area contributed by atoms with Crippen molar-refractivity contribution in [3.63, 3.8) is 0 Å². The predicted molar refractivity (Wildman–Crippen MR) is 105 cm³/mol. The lowest BCUT2D eigenvalue weighted by atomic mass is 9.84. The van der Waals surface area contributed by atoms with E-state index in [1.165, 1.54) is 21.3 Å². The molecule has 1 heterocycles. The monoisotopic (exact) mass is 465 g/mol. The Hall–Kier alpha value is -1.02. The van der Waals surface area contributed by atoms with Gasteiger partial charge in [0.2, 0.25) is 17.6 Å². The molecule has 4 atom stereocenters. The molecule has 150 valence electrons. The summed E-state index contributed by atoms with van der Waals surface area (Å²) in [6, 6.07) is 6.46. The molecule has 6 nitrogen and oxygen atoms in total. The Morgan fingerprint density at radius 2 is 1.29 bits per heavy atom. The van der Waals surface area contributed by atoms with Gasteiger partial charge in [-0.15, -0.1) is 23.2 Å². The van der Waals surface area contributed by atoms with E-state index in [0.717, 1.165) is 4.90 Å². The molecule has 0 radical (unpaired) electrons. The molecule has 1 aliphatic heterocycles. The van der Waals surface area contributed by atoms with Crippen LogP contribution in [0, 0.1) is 11.8 Å². The van der Waals surface area contributed by atoms with E-state index in [4.69, 9.17) is 60.6 Å². The number of imide groups is 1. The summed E-state index contributed by atoms with van der Waals surface area (Å²) in [7, 11) is 4.14. The average molecular weight is 467 g/mol. The van der Waals surface area contributed by atoms with Gasteiger partial charge in [-0.05, 0) is 24.3 Å². The SMILES string of the molecule is COc1ccc(N2C(=O)[C@@H]3[C@@H](C2=O)[C@@]2(Cl)C(Cl)=C(Cl)[C@@]3(Cl)C2(OC)OC)cc1. The predicted octanol–water partition coefficient (Wildman–Crippen LogP) is 3.46. The van der Waals surface area contributed by atoms with Crippen LogP contribution in [0.3, 0.4) is 0 Å². The quantitative estimate of drug-likeness (QED) is 0.386. The third-order valence-corrected chi connectivity index (χ3v) is 8.47. The summed E-state index contributed by atoms with van der Waals surface area (Å²) in [5, 5.41) is -0.123. The maximum absolute atomic E-state index is 13.4. The molecular formula is C18H15Cl4NO5. The highest BCUT2D eigenvalue weighted by Gasteiger charge is 2.89. The van der Waals surface area contributed by atoms with Crippen LogP contribution in [0.2, 0.25) is 0 Å². The molecule has 28 heavy (non-hydrogen) atoms. The molecule has 0 N–H and O–H groups in total. The number of rotatable bonds is 4. The Balaban J connectivity index is 1.88. The van der Waals surface area contributed by atoms with Crippen molar-refractivity contribution in [3.8, 4) is 5.75 Å². The van der Waals surface area contributed by atoms with Gasteiger partial charge in [0, 0.05) is 14.2 Å². The van der Waals surface area contributed by atoms with Crippen LogP contribution in [-0.2, 0) is 19.1 Å². The molecule has 1 aromatic rings. The molecule has 1 saturated carbocycles. The molecule has 4 rings (SSSR count). The molecule has 10 heteroatoms. The van der Waals surface area contributed by atoms with Gasteiger partial charge < -0.3 is 14.2 Å². The first-order chi connectivity index (χ1) is 13.2. The molecule has 2 fully saturated rings. The second kappa shape index (κ2) is 6.24. The first kappa shape index (κ1) is 20.3. The summed E-state index contributed by atoms with van der Waals surface area (Å²) < 4.78 is 16.2. The van der Waals surface area contributed by atoms with E-state index < -0.39 is 39.2 Å². The Kier molecular flexibility index (Phi) is 4.51. The Morgan fingerprint density at radius 3 is 1.64 bits per heavy atom. The van der Waals surface area contributed by atoms with Crippen molar-refractivity contribution in [1.82, 2.24) is 0 Å². The summed E-state index contributed by atoms with van der Waals surface area (Å²) >= 11 is 26.6. The van der Waals surface area contributed by atoms with E-state index in [0.29, 0.717) is 11.4 Å². The molecule has 2 amide bonds. The van der Waals surface area contributed by atoms with Gasteiger partial charge in [0.15, 0.2) is 0 Å². The third kappa shape index (κ3) is 1.90. The maximum atomic E-state index is 13.4. The topological polar surface area (TPSA) is 65.1 Å². The molecule has 3 aliphatic rings. The van der Waals surface area contributed by atoms with Crippen molar-refractivity contribution in [3.05, 3.63) is 34.3 Å². The summed E-state index contributed by atoms with van der Waals surface area (Å²) in [5.74, 6) is -4.55. The first-order valence-corrected chi connectivity index (χ1v) is 9.74. The number of alkyl halides is 2. The minimum absolute atomic E-state index is 0.0616. The van der Waals surface area contributed by atoms with Crippen LogP contribution in [0.25, 0.3) is 0 Å². The number of fused-ring (bicyclic) bond motifs is 5. The van der Waals surface area contributed by atoms with Gasteiger partial charge in [-0.2, -0.15) is 0 Å². The smallest absolute Gasteiger partial charge is 0.240 e. The van der Waals surface area contributed by atoms with Crippen LogP contribution in [0.5, 0.6) is 5.75 Å². The van der Waals surface area contributed by atoms with Gasteiger partial charge in [-0.3, -0.25) is 9.59 Å². The van der Waals surface area contributed by atoms with Gasteiger partial charge in [-0.1, -0.05) is 23.2 Å². The first-order valence-electron chi connectivity index (χ1n) is 8.23. The Bertz CT molecular complexity index is 869. The standard InChI is InChI=1S/C18H15Cl4NO5/c1-26-9-6-4-8(5-7-9)23-14(24)10-11(15(23)25)17(22)13(20)12(19)16(10,21)18(17,27-2)28-3/h4-7,10-11H,1-3H3/t10-,11-,16+,17+/m0/s1. The van der Waals surface area contributed by atoms with Gasteiger partial charge in [0.1, 0.15) is 15.5 Å². The van der Waals surface area contributed by atoms with Crippen molar-refractivity contribution in [2.45, 2.75) is 15.5 Å². The second-order valence-corrected chi connectivity index (χ2v) is 8.69. The number of methoxy groups -OCH3 is 3. The van der Waals surface area contributed by atoms with E-state index in [2.05, 4.69) is 0 Å². The van der Waals surface area contributed by atoms with Crippen LogP contribution in [0.4, 0.5) is 5.69 Å². The molecule has 0 aromatic heterocycles. The minimum atomic E-state index is -1.79. The lowest BCUT2D eigenvalue weighted by Gasteiger charge is -2.42. The zero-order valence-corrected chi connectivity index (χ0v) is 18.0. The molecular weight excluding hydrogens is 452 g/mol. The normalized spacial score (nSPS) is 35.8. The number of hydrogen-bond donors (Lipinski definition) is 0. The number of hydrogen-bond acceptors (Lipinski definition) is 5. The van der Waals surface area contributed by atoms with Crippen molar-refractivity contribution in [2.75, 3.05) is 26.2 Å². The lowest BCUT2D eigenvalue weighted by Crippen LogP contribution is -2.60. The highest BCUT2D eigenvalue weighted by Crippen LogP contribution is 2.75. The van der Waals surface area contributed by atoms with Crippen molar-refractivity contribution in [2.24, 2.45) is 11.8 Å². The number of amides is 2. The number of anilines is 1. The molecule has 1 aromatic carbocycles. The lowest BCUT2D eigenvalue weighted by molar-refractivity contribution is -0.221. The van der Waals surface area contributed by atoms with Gasteiger partial charge >= 0.3 is 0 Å². The second-order valence-electron chi connectivity index (χ2n) is 6.74. The van der Waals surface area contributed by atoms with Gasteiger partial charge in [0.25, 0.3) is 0 Å². The fourth-order valence-electron chi connectivity index (χ4n) is 4.69. The van der Waals surface area contributed by atoms with E-state index in [1.54, 1.807) is 24.3 Å². The Labute approximate surface area is 181 Å². The zero-order chi connectivity index (χ0) is 20.6. The van der Waals surface area contributed by atoms with Crippen LogP contribution >= 0.6 is 46.4 Å². The highest BCUT2D eigenvalue weighted by molar-refractivity contribution is 6.54. The fraction of sp³-hybridized carbons (Fsp3) is 0.444. The summed E-state index contributed by atoms with van der Waals surface area (Å²) in [5.41, 5.74) is 0.359. The summed E-state index contributed by atoms with van der Waals surface area (Å²) in [6.07, 6.45) is 0. The average Bonchev–Trinajstić information content (AvgIpc) is 3.12. The number of carbonyl (C=O) groups excluding carboxylic acids is 2. The molecule has 0 spiro atoms. The van der Waals surface area contributed by atoms with E-state index in [1.807, 2.05) is 0 Å². The highest BCUT2D eigenvalue weighted by atomic mass is 35.5. The van der Waals surface area contributed by atoms with E-state index in [-0.39, 0.29) is 10.1 Å². The van der Waals surface area contributed by atoms with Crippen molar-refractivity contribution >= 4 is 63.9 Å². The molecule has 0 unspecified atom stereocenters. The number of halogens is 4. The largest absolute Gasteiger partial charge is 0.497 e. The molecule has 2 bridgehead atoms. The van der Waals surface area contributed by atoms with Crippen LogP contribution < -0.4 is 9.64 Å². The van der Waals surface area contributed by atoms with E-state index in [9.17, 15) is 9.59 Å². The van der Waals surface area contributed by atoms with Crippen molar-refractivity contribution in [1.29, 1.82) is 0 Å². The molecule has 1 saturated heterocycles. The summed E-state index contributed by atoms with van der Waals surface area (Å²) in [6.45, 7) is 0. The van der Waals surface area contributed by atoms with E-state index >= 15 is 0 Å². The van der Waals surface area contributed by atoms with Gasteiger partial charge in [0.05, 0.1) is 34.7 Å². The Morgan fingerprint density at radius 1 is 0.857 bits per heavy atom. The van der Waals surface area contributed by atoms with Crippen molar-refractivity contribution < 1.29 is 23.8 Å².